The van der Waals surface area contributed by atoms with Crippen LogP contribution in [0, 0.1) is 29.1 Å². The van der Waals surface area contributed by atoms with Crippen LogP contribution in [0.25, 0.3) is 11.1 Å². The second kappa shape index (κ2) is 4.69. The van der Waals surface area contributed by atoms with Crippen molar-refractivity contribution in [2.75, 3.05) is 0 Å². The SMILES string of the molecule is Oc1cc(-c2c(O)c(F)c(F)c(O)c2F)c(O)c(F)c1F. The maximum Gasteiger partial charge on any atom is 0.207 e. The lowest BCUT2D eigenvalue weighted by Crippen LogP contribution is -1.97. The molecule has 0 aromatic heterocycles. The van der Waals surface area contributed by atoms with Crippen molar-refractivity contribution in [1.29, 1.82) is 0 Å². The Labute approximate surface area is 112 Å². The normalized spacial score (nSPS) is 10.9. The molecule has 0 aliphatic carbocycles. The van der Waals surface area contributed by atoms with E-state index in [0.29, 0.717) is 0 Å². The number of aromatic hydroxyl groups is 4. The van der Waals surface area contributed by atoms with Gasteiger partial charge in [0.2, 0.25) is 23.3 Å². The summed E-state index contributed by atoms with van der Waals surface area (Å²) in [6.45, 7) is 0. The van der Waals surface area contributed by atoms with E-state index in [4.69, 9.17) is 10.2 Å². The fourth-order valence-corrected chi connectivity index (χ4v) is 1.68. The minimum absolute atomic E-state index is 0.267. The Morgan fingerprint density at radius 1 is 0.571 bits per heavy atom. The highest BCUT2D eigenvalue weighted by atomic mass is 19.2. The first-order chi connectivity index (χ1) is 9.68. The van der Waals surface area contributed by atoms with Crippen LogP contribution in [-0.4, -0.2) is 20.4 Å². The summed E-state index contributed by atoms with van der Waals surface area (Å²) in [6, 6.07) is 0.267. The summed E-state index contributed by atoms with van der Waals surface area (Å²) in [5.74, 6) is -16.5. The molecule has 112 valence electrons. The Morgan fingerprint density at radius 2 is 1.05 bits per heavy atom. The fourth-order valence-electron chi connectivity index (χ4n) is 1.68. The van der Waals surface area contributed by atoms with Crippen molar-refractivity contribution in [3.63, 3.8) is 0 Å². The van der Waals surface area contributed by atoms with E-state index in [2.05, 4.69) is 0 Å². The average Bonchev–Trinajstić information content (AvgIpc) is 2.46. The van der Waals surface area contributed by atoms with Gasteiger partial charge in [0, 0.05) is 5.56 Å². The molecule has 0 spiro atoms. The van der Waals surface area contributed by atoms with Crippen LogP contribution >= 0.6 is 0 Å². The predicted octanol–water partition coefficient (Wildman–Crippen LogP) is 2.87. The lowest BCUT2D eigenvalue weighted by molar-refractivity contribution is 0.352. The highest BCUT2D eigenvalue weighted by Gasteiger charge is 2.29. The molecule has 0 bridgehead atoms. The van der Waals surface area contributed by atoms with Gasteiger partial charge in [-0.2, -0.15) is 17.6 Å². The molecular weight excluding hydrogens is 303 g/mol. The number of phenols is 4. The smallest absolute Gasteiger partial charge is 0.207 e. The number of hydrogen-bond acceptors (Lipinski definition) is 4. The van der Waals surface area contributed by atoms with E-state index in [0.717, 1.165) is 0 Å². The number of benzene rings is 2. The third-order valence-electron chi connectivity index (χ3n) is 2.70. The number of phenolic OH excluding ortho intramolecular Hbond substituents is 4. The molecule has 9 heteroatoms. The molecular formula is C12H5F5O4. The lowest BCUT2D eigenvalue weighted by Gasteiger charge is -2.12. The van der Waals surface area contributed by atoms with Crippen molar-refractivity contribution in [1.82, 2.24) is 0 Å². The maximum atomic E-state index is 13.7. The van der Waals surface area contributed by atoms with Crippen LogP contribution in [0.3, 0.4) is 0 Å². The van der Waals surface area contributed by atoms with Crippen LogP contribution in [-0.2, 0) is 0 Å². The summed E-state index contributed by atoms with van der Waals surface area (Å²) in [7, 11) is 0. The lowest BCUT2D eigenvalue weighted by atomic mass is 10.0. The first kappa shape index (κ1) is 14.7. The summed E-state index contributed by atoms with van der Waals surface area (Å²) in [5, 5.41) is 36.8. The van der Waals surface area contributed by atoms with Crippen LogP contribution in [0.1, 0.15) is 0 Å². The van der Waals surface area contributed by atoms with E-state index in [1.807, 2.05) is 0 Å². The van der Waals surface area contributed by atoms with E-state index in [1.165, 1.54) is 0 Å². The summed E-state index contributed by atoms with van der Waals surface area (Å²) >= 11 is 0. The largest absolute Gasteiger partial charge is 0.505 e. The van der Waals surface area contributed by atoms with Crippen molar-refractivity contribution in [2.24, 2.45) is 0 Å². The summed E-state index contributed by atoms with van der Waals surface area (Å²) in [5.41, 5.74) is -2.44. The third kappa shape index (κ3) is 1.97. The Morgan fingerprint density at radius 3 is 1.62 bits per heavy atom. The van der Waals surface area contributed by atoms with Crippen molar-refractivity contribution >= 4 is 0 Å². The predicted molar refractivity (Wildman–Crippen MR) is 58.3 cm³/mol. The van der Waals surface area contributed by atoms with Crippen LogP contribution in [0.15, 0.2) is 6.07 Å². The average molecular weight is 308 g/mol. The van der Waals surface area contributed by atoms with Crippen molar-refractivity contribution in [3.05, 3.63) is 35.2 Å². The standard InChI is InChI=1S/C12H5F5O4/c13-5-3(18)1-2(10(19)7(5)15)4-6(14)12(21)9(17)8(16)11(4)20/h1,18-21H. The van der Waals surface area contributed by atoms with Crippen molar-refractivity contribution in [2.45, 2.75) is 0 Å². The summed E-state index contributed by atoms with van der Waals surface area (Å²) < 4.78 is 66.2. The molecule has 0 aliphatic heterocycles. The second-order valence-corrected chi connectivity index (χ2v) is 3.93. The van der Waals surface area contributed by atoms with E-state index in [1.54, 1.807) is 0 Å². The second-order valence-electron chi connectivity index (χ2n) is 3.93. The van der Waals surface area contributed by atoms with Crippen LogP contribution in [0.5, 0.6) is 23.0 Å². The molecule has 4 N–H and O–H groups in total. The minimum atomic E-state index is -2.11. The van der Waals surface area contributed by atoms with Crippen molar-refractivity contribution < 1.29 is 42.4 Å². The van der Waals surface area contributed by atoms with Crippen molar-refractivity contribution in [3.8, 4) is 34.1 Å². The maximum absolute atomic E-state index is 13.7. The van der Waals surface area contributed by atoms with E-state index >= 15 is 0 Å². The number of rotatable bonds is 1. The summed E-state index contributed by atoms with van der Waals surface area (Å²) in [6.07, 6.45) is 0. The molecule has 4 nitrogen and oxygen atoms in total. The van der Waals surface area contributed by atoms with Gasteiger partial charge in [0.25, 0.3) is 0 Å². The van der Waals surface area contributed by atoms with Gasteiger partial charge in [0.1, 0.15) is 0 Å². The van der Waals surface area contributed by atoms with Gasteiger partial charge >= 0.3 is 0 Å². The molecule has 0 saturated carbocycles. The van der Waals surface area contributed by atoms with Gasteiger partial charge in [-0.15, -0.1) is 0 Å². The van der Waals surface area contributed by atoms with Gasteiger partial charge in [0.05, 0.1) is 5.56 Å². The van der Waals surface area contributed by atoms with Crippen LogP contribution < -0.4 is 0 Å². The van der Waals surface area contributed by atoms with Crippen LogP contribution in [0.2, 0.25) is 0 Å². The molecule has 2 rings (SSSR count). The van der Waals surface area contributed by atoms with Gasteiger partial charge in [-0.1, -0.05) is 0 Å². The molecule has 0 fully saturated rings. The first-order valence-corrected chi connectivity index (χ1v) is 5.17. The first-order valence-electron chi connectivity index (χ1n) is 5.17. The minimum Gasteiger partial charge on any atom is -0.505 e. The highest BCUT2D eigenvalue weighted by molar-refractivity contribution is 5.79. The van der Waals surface area contributed by atoms with Gasteiger partial charge in [-0.3, -0.25) is 0 Å². The van der Waals surface area contributed by atoms with Gasteiger partial charge in [0.15, 0.2) is 28.8 Å². The number of hydrogen-bond donors (Lipinski definition) is 4. The number of halogens is 5. The Kier molecular flexibility index (Phi) is 3.28. The summed E-state index contributed by atoms with van der Waals surface area (Å²) in [4.78, 5) is 0. The molecule has 21 heavy (non-hydrogen) atoms. The topological polar surface area (TPSA) is 80.9 Å². The zero-order valence-electron chi connectivity index (χ0n) is 9.76. The zero-order chi connectivity index (χ0) is 16.1. The van der Waals surface area contributed by atoms with Crippen LogP contribution in [0.4, 0.5) is 22.0 Å². The highest BCUT2D eigenvalue weighted by Crippen LogP contribution is 2.46. The molecule has 2 aromatic rings. The molecule has 0 atom stereocenters. The van der Waals surface area contributed by atoms with Gasteiger partial charge in [-0.25, -0.2) is 4.39 Å². The Bertz CT molecular complexity index is 731. The van der Waals surface area contributed by atoms with Gasteiger partial charge in [-0.05, 0) is 6.07 Å². The van der Waals surface area contributed by atoms with E-state index in [9.17, 15) is 32.2 Å². The fraction of sp³-hybridized carbons (Fsp3) is 0. The van der Waals surface area contributed by atoms with E-state index in [-0.39, 0.29) is 6.07 Å². The Hall–Kier alpha value is -2.71. The quantitative estimate of drug-likeness (QED) is 0.371. The Balaban J connectivity index is 2.93. The van der Waals surface area contributed by atoms with E-state index < -0.39 is 63.2 Å². The van der Waals surface area contributed by atoms with Gasteiger partial charge < -0.3 is 20.4 Å². The monoisotopic (exact) mass is 308 g/mol. The zero-order valence-corrected chi connectivity index (χ0v) is 9.76. The third-order valence-corrected chi connectivity index (χ3v) is 2.70. The molecule has 0 unspecified atom stereocenters. The molecule has 0 heterocycles. The molecule has 0 saturated heterocycles. The molecule has 0 amide bonds. The molecule has 2 aromatic carbocycles. The molecule has 0 aliphatic rings. The molecule has 0 radical (unpaired) electrons.